The first-order chi connectivity index (χ1) is 8.81. The maximum atomic E-state index is 6.05. The predicted octanol–water partition coefficient (Wildman–Crippen LogP) is 3.06. The highest BCUT2D eigenvalue weighted by Gasteiger charge is 2.20. The second kappa shape index (κ2) is 4.69. The Bertz CT molecular complexity index is 574. The van der Waals surface area contributed by atoms with Gasteiger partial charge in [-0.25, -0.2) is 4.68 Å². The summed E-state index contributed by atoms with van der Waals surface area (Å²) in [5, 5.41) is 4.55. The fourth-order valence-corrected chi connectivity index (χ4v) is 3.21. The van der Waals surface area contributed by atoms with E-state index in [0.717, 1.165) is 18.5 Å². The van der Waals surface area contributed by atoms with Crippen LogP contribution in [0.1, 0.15) is 24.1 Å². The minimum atomic E-state index is 0.709. The van der Waals surface area contributed by atoms with E-state index in [-0.39, 0.29) is 0 Å². The molecule has 0 aliphatic heterocycles. The molecule has 0 bridgehead atoms. The summed E-state index contributed by atoms with van der Waals surface area (Å²) in [6, 6.07) is 8.37. The van der Waals surface area contributed by atoms with Gasteiger partial charge in [-0.2, -0.15) is 5.10 Å². The third-order valence-corrected chi connectivity index (χ3v) is 4.31. The quantitative estimate of drug-likeness (QED) is 0.843. The molecule has 0 radical (unpaired) electrons. The van der Waals surface area contributed by atoms with Crippen LogP contribution < -0.4 is 5.73 Å². The van der Waals surface area contributed by atoms with Gasteiger partial charge in [0.2, 0.25) is 0 Å². The Balaban J connectivity index is 2.17. The fraction of sp³-hybridized carbons (Fsp3) is 0.357. The topological polar surface area (TPSA) is 43.8 Å². The monoisotopic (exact) mass is 259 g/mol. The van der Waals surface area contributed by atoms with Crippen molar-refractivity contribution in [2.24, 2.45) is 0 Å². The first-order valence-electron chi connectivity index (χ1n) is 6.31. The lowest BCUT2D eigenvalue weighted by atomic mass is 9.97. The van der Waals surface area contributed by atoms with Crippen LogP contribution in [0.2, 0.25) is 0 Å². The molecule has 94 valence electrons. The van der Waals surface area contributed by atoms with Crippen molar-refractivity contribution in [3.8, 4) is 5.69 Å². The summed E-state index contributed by atoms with van der Waals surface area (Å²) in [5.74, 6) is 0.709. The molecule has 3 rings (SSSR count). The molecule has 1 aromatic heterocycles. The Labute approximate surface area is 111 Å². The third-order valence-electron chi connectivity index (χ3n) is 3.52. The molecule has 0 spiro atoms. The Morgan fingerprint density at radius 2 is 2.00 bits per heavy atom. The average Bonchev–Trinajstić information content (AvgIpc) is 2.77. The molecule has 0 saturated heterocycles. The molecule has 3 nitrogen and oxygen atoms in total. The first-order valence-corrected chi connectivity index (χ1v) is 7.53. The Kier molecular flexibility index (Phi) is 3.04. The van der Waals surface area contributed by atoms with Crippen molar-refractivity contribution < 1.29 is 0 Å². The number of nitrogens with two attached hydrogens (primary N) is 1. The van der Waals surface area contributed by atoms with Crippen LogP contribution in [0, 0.1) is 0 Å². The van der Waals surface area contributed by atoms with Crippen molar-refractivity contribution in [3.05, 3.63) is 35.5 Å². The summed E-state index contributed by atoms with van der Waals surface area (Å²) < 4.78 is 2.05. The Morgan fingerprint density at radius 1 is 1.22 bits per heavy atom. The third kappa shape index (κ3) is 1.81. The molecule has 0 atom stereocenters. The molecular formula is C14H17N3S. The van der Waals surface area contributed by atoms with Crippen LogP contribution in [0.5, 0.6) is 0 Å². The summed E-state index contributed by atoms with van der Waals surface area (Å²) in [7, 11) is 0. The number of anilines is 1. The van der Waals surface area contributed by atoms with Crippen molar-refractivity contribution in [2.45, 2.75) is 30.6 Å². The maximum Gasteiger partial charge on any atom is 0.149 e. The zero-order valence-electron chi connectivity index (χ0n) is 10.5. The van der Waals surface area contributed by atoms with Gasteiger partial charge in [-0.3, -0.25) is 0 Å². The van der Waals surface area contributed by atoms with Gasteiger partial charge in [0.05, 0.1) is 5.69 Å². The number of thioether (sulfide) groups is 1. The number of hydrogen-bond donors (Lipinski definition) is 1. The van der Waals surface area contributed by atoms with Gasteiger partial charge in [-0.1, -0.05) is 12.1 Å². The summed E-state index contributed by atoms with van der Waals surface area (Å²) in [6.07, 6.45) is 6.72. The van der Waals surface area contributed by atoms with Crippen molar-refractivity contribution in [1.29, 1.82) is 0 Å². The molecule has 1 aliphatic carbocycles. The van der Waals surface area contributed by atoms with E-state index in [1.807, 2.05) is 0 Å². The molecule has 1 aromatic carbocycles. The molecule has 0 saturated carbocycles. The fourth-order valence-electron chi connectivity index (χ4n) is 2.63. The van der Waals surface area contributed by atoms with E-state index >= 15 is 0 Å². The van der Waals surface area contributed by atoms with Crippen LogP contribution in [0.15, 0.2) is 29.2 Å². The van der Waals surface area contributed by atoms with Gasteiger partial charge in [0.25, 0.3) is 0 Å². The van der Waals surface area contributed by atoms with Crippen LogP contribution in [-0.4, -0.2) is 16.0 Å². The molecule has 2 N–H and O–H groups in total. The Morgan fingerprint density at radius 3 is 2.83 bits per heavy atom. The number of benzene rings is 1. The highest BCUT2D eigenvalue weighted by molar-refractivity contribution is 7.98. The van der Waals surface area contributed by atoms with Gasteiger partial charge in [0.1, 0.15) is 5.82 Å². The number of para-hydroxylation sites is 1. The van der Waals surface area contributed by atoms with Gasteiger partial charge in [-0.05, 0) is 44.1 Å². The highest BCUT2D eigenvalue weighted by atomic mass is 32.2. The first kappa shape index (κ1) is 11.7. The van der Waals surface area contributed by atoms with Crippen molar-refractivity contribution in [2.75, 3.05) is 12.0 Å². The molecule has 18 heavy (non-hydrogen) atoms. The normalized spacial score (nSPS) is 14.5. The minimum Gasteiger partial charge on any atom is -0.382 e. The van der Waals surface area contributed by atoms with Gasteiger partial charge in [-0.15, -0.1) is 11.8 Å². The molecular weight excluding hydrogens is 242 g/mol. The van der Waals surface area contributed by atoms with Crippen molar-refractivity contribution in [3.63, 3.8) is 0 Å². The molecule has 1 aliphatic rings. The van der Waals surface area contributed by atoms with Gasteiger partial charge < -0.3 is 5.73 Å². The van der Waals surface area contributed by atoms with Gasteiger partial charge in [0.15, 0.2) is 0 Å². The number of fused-ring (bicyclic) bond motifs is 1. The van der Waals surface area contributed by atoms with E-state index in [0.29, 0.717) is 5.82 Å². The molecule has 2 aromatic rings. The zero-order valence-corrected chi connectivity index (χ0v) is 11.3. The largest absolute Gasteiger partial charge is 0.382 e. The van der Waals surface area contributed by atoms with E-state index in [1.165, 1.54) is 29.0 Å². The molecule has 0 amide bonds. The second-order valence-corrected chi connectivity index (χ2v) is 5.45. The lowest BCUT2D eigenvalue weighted by Crippen LogP contribution is -2.08. The summed E-state index contributed by atoms with van der Waals surface area (Å²) in [5.41, 5.74) is 9.77. The van der Waals surface area contributed by atoms with Crippen LogP contribution in [0.25, 0.3) is 5.69 Å². The van der Waals surface area contributed by atoms with Crippen LogP contribution in [-0.2, 0) is 12.8 Å². The molecule has 1 heterocycles. The predicted molar refractivity (Wildman–Crippen MR) is 76.4 cm³/mol. The maximum absolute atomic E-state index is 6.05. The summed E-state index contributed by atoms with van der Waals surface area (Å²) in [6.45, 7) is 0. The van der Waals surface area contributed by atoms with Crippen molar-refractivity contribution >= 4 is 17.6 Å². The van der Waals surface area contributed by atoms with E-state index in [1.54, 1.807) is 11.8 Å². The smallest absolute Gasteiger partial charge is 0.149 e. The van der Waals surface area contributed by atoms with E-state index in [4.69, 9.17) is 5.73 Å². The zero-order chi connectivity index (χ0) is 12.5. The second-order valence-electron chi connectivity index (χ2n) is 4.60. The lowest BCUT2D eigenvalue weighted by molar-refractivity contribution is 0.651. The van der Waals surface area contributed by atoms with Crippen LogP contribution >= 0.6 is 11.8 Å². The molecule has 0 fully saturated rings. The van der Waals surface area contributed by atoms with Crippen molar-refractivity contribution in [1.82, 2.24) is 9.78 Å². The van der Waals surface area contributed by atoms with Crippen LogP contribution in [0.4, 0.5) is 5.82 Å². The number of nitrogen functional groups attached to an aromatic ring is 1. The minimum absolute atomic E-state index is 0.709. The van der Waals surface area contributed by atoms with Crippen LogP contribution in [0.3, 0.4) is 0 Å². The standard InChI is InChI=1S/C14H17N3S/c1-18-13-9-5-4-8-12(13)17-11-7-3-2-6-10(11)14(15)16-17/h4-5,8-9H,2-3,6-7H2,1H3,(H2,15,16). The summed E-state index contributed by atoms with van der Waals surface area (Å²) in [4.78, 5) is 1.24. The number of nitrogens with zero attached hydrogens (tertiary/aromatic N) is 2. The molecule has 0 unspecified atom stereocenters. The highest BCUT2D eigenvalue weighted by Crippen LogP contribution is 2.31. The van der Waals surface area contributed by atoms with E-state index in [2.05, 4.69) is 40.3 Å². The number of hydrogen-bond acceptors (Lipinski definition) is 3. The Hall–Kier alpha value is -1.42. The van der Waals surface area contributed by atoms with Gasteiger partial charge >= 0.3 is 0 Å². The number of rotatable bonds is 2. The van der Waals surface area contributed by atoms with E-state index < -0.39 is 0 Å². The average molecular weight is 259 g/mol. The van der Waals surface area contributed by atoms with Gasteiger partial charge in [0, 0.05) is 16.2 Å². The lowest BCUT2D eigenvalue weighted by Gasteiger charge is -2.15. The summed E-state index contributed by atoms with van der Waals surface area (Å²) >= 11 is 1.75. The van der Waals surface area contributed by atoms with E-state index in [9.17, 15) is 0 Å². The molecule has 4 heteroatoms. The number of aromatic nitrogens is 2. The SMILES string of the molecule is CSc1ccccc1-n1nc(N)c2c1CCCC2.